The summed E-state index contributed by atoms with van der Waals surface area (Å²) in [6, 6.07) is 7.11. The fraction of sp³-hybridized carbons (Fsp3) is 0.524. The zero-order valence-corrected chi connectivity index (χ0v) is 19.2. The molecule has 0 spiro atoms. The molecule has 31 heavy (non-hydrogen) atoms. The van der Waals surface area contributed by atoms with E-state index < -0.39 is 16.2 Å². The number of rotatable bonds is 10. The third-order valence-corrected chi connectivity index (χ3v) is 7.14. The molecule has 1 heterocycles. The first-order chi connectivity index (χ1) is 14.8. The lowest BCUT2D eigenvalue weighted by molar-refractivity contribution is -0.137. The van der Waals surface area contributed by atoms with Crippen molar-refractivity contribution < 1.29 is 22.7 Å². The fourth-order valence-electron chi connectivity index (χ4n) is 3.27. The van der Waals surface area contributed by atoms with Crippen LogP contribution in [0.25, 0.3) is 6.08 Å². The summed E-state index contributed by atoms with van der Waals surface area (Å²) in [5.74, 6) is -0.556. The number of ether oxygens (including phenoxy) is 1. The Bertz CT molecular complexity index is 858. The summed E-state index contributed by atoms with van der Waals surface area (Å²) >= 11 is 0. The first kappa shape index (κ1) is 25.0. The molecule has 0 bridgehead atoms. The third-order valence-electron chi connectivity index (χ3n) is 4.95. The summed E-state index contributed by atoms with van der Waals surface area (Å²) in [5.41, 5.74) is 1.47. The Kier molecular flexibility index (Phi) is 9.63. The molecule has 1 aromatic carbocycles. The summed E-state index contributed by atoms with van der Waals surface area (Å²) in [6.07, 6.45) is 3.01. The maximum absolute atomic E-state index is 12.6. The Labute approximate surface area is 184 Å². The predicted octanol–water partition coefficient (Wildman–Crippen LogP) is 1.41. The number of hydrogen-bond donors (Lipinski definition) is 1. The van der Waals surface area contributed by atoms with Crippen LogP contribution in [0.3, 0.4) is 0 Å². The number of carbonyl (C=O) groups is 2. The van der Waals surface area contributed by atoms with E-state index in [0.717, 1.165) is 5.56 Å². The fourth-order valence-corrected chi connectivity index (χ4v) is 4.87. The van der Waals surface area contributed by atoms with Gasteiger partial charge in [-0.25, -0.2) is 4.79 Å². The third kappa shape index (κ3) is 7.42. The van der Waals surface area contributed by atoms with Crippen molar-refractivity contribution in [2.75, 3.05) is 57.7 Å². The number of carbonyl (C=O) groups excluding carboxylic acids is 2. The second kappa shape index (κ2) is 11.9. The van der Waals surface area contributed by atoms with Crippen LogP contribution < -0.4 is 5.32 Å². The first-order valence-corrected chi connectivity index (χ1v) is 11.9. The molecule has 0 aromatic heterocycles. The van der Waals surface area contributed by atoms with Gasteiger partial charge in [-0.05, 0) is 30.7 Å². The van der Waals surface area contributed by atoms with E-state index in [2.05, 4.69) is 5.32 Å². The molecule has 1 fully saturated rings. The maximum Gasteiger partial charge on any atom is 0.330 e. The van der Waals surface area contributed by atoms with Gasteiger partial charge in [0.1, 0.15) is 0 Å². The molecule has 1 aliphatic heterocycles. The number of amides is 1. The van der Waals surface area contributed by atoms with Gasteiger partial charge in [0, 0.05) is 51.0 Å². The van der Waals surface area contributed by atoms with Crippen LogP contribution in [-0.4, -0.2) is 86.2 Å². The molecule has 10 heteroatoms. The molecule has 1 amide bonds. The summed E-state index contributed by atoms with van der Waals surface area (Å²) < 4.78 is 32.9. The summed E-state index contributed by atoms with van der Waals surface area (Å²) in [7, 11) is -3.44. The van der Waals surface area contributed by atoms with Crippen molar-refractivity contribution in [1.82, 2.24) is 13.5 Å². The quantitative estimate of drug-likeness (QED) is 0.426. The highest BCUT2D eigenvalue weighted by Crippen LogP contribution is 2.13. The lowest BCUT2D eigenvalue weighted by atomic mass is 10.2. The molecule has 0 saturated carbocycles. The van der Waals surface area contributed by atoms with Crippen molar-refractivity contribution in [1.29, 1.82) is 0 Å². The van der Waals surface area contributed by atoms with E-state index in [0.29, 0.717) is 51.6 Å². The van der Waals surface area contributed by atoms with Crippen LogP contribution in [0, 0.1) is 0 Å². The molecule has 1 N–H and O–H groups in total. The van der Waals surface area contributed by atoms with Crippen LogP contribution in [0.4, 0.5) is 5.69 Å². The maximum atomic E-state index is 12.6. The van der Waals surface area contributed by atoms with E-state index in [1.807, 2.05) is 18.7 Å². The Morgan fingerprint density at radius 3 is 2.23 bits per heavy atom. The molecule has 172 valence electrons. The van der Waals surface area contributed by atoms with Gasteiger partial charge in [-0.15, -0.1) is 0 Å². The Morgan fingerprint density at radius 2 is 1.68 bits per heavy atom. The van der Waals surface area contributed by atoms with Crippen molar-refractivity contribution in [3.63, 3.8) is 0 Å². The number of nitrogens with one attached hydrogen (secondary N) is 1. The average Bonchev–Trinajstić information content (AvgIpc) is 2.74. The van der Waals surface area contributed by atoms with Gasteiger partial charge in [0.05, 0.1) is 13.2 Å². The molecule has 0 aliphatic carbocycles. The molecule has 1 aromatic rings. The average molecular weight is 453 g/mol. The van der Waals surface area contributed by atoms with Crippen molar-refractivity contribution in [3.05, 3.63) is 35.9 Å². The SMILES string of the molecule is CCOC(=O)/C=C/c1ccc(NC(=O)CN2CCN(S(=O)(=O)N(CC)CC)CC2)cc1. The number of esters is 1. The van der Waals surface area contributed by atoms with E-state index >= 15 is 0 Å². The summed E-state index contributed by atoms with van der Waals surface area (Å²) in [6.45, 7) is 8.56. The molecule has 2 rings (SSSR count). The Morgan fingerprint density at radius 1 is 1.06 bits per heavy atom. The second-order valence-electron chi connectivity index (χ2n) is 7.02. The molecule has 1 saturated heterocycles. The number of hydrogen-bond acceptors (Lipinski definition) is 6. The summed E-state index contributed by atoms with van der Waals surface area (Å²) in [5, 5.41) is 2.84. The van der Waals surface area contributed by atoms with Crippen LogP contribution in [0.2, 0.25) is 0 Å². The molecule has 0 atom stereocenters. The van der Waals surface area contributed by atoms with Crippen LogP contribution in [0.1, 0.15) is 26.3 Å². The van der Waals surface area contributed by atoms with Crippen LogP contribution in [-0.2, 0) is 24.5 Å². The van der Waals surface area contributed by atoms with Crippen molar-refractivity contribution in [2.24, 2.45) is 0 Å². The number of anilines is 1. The topological polar surface area (TPSA) is 99.3 Å². The second-order valence-corrected chi connectivity index (χ2v) is 8.95. The van der Waals surface area contributed by atoms with Crippen molar-refractivity contribution in [2.45, 2.75) is 20.8 Å². The molecule has 9 nitrogen and oxygen atoms in total. The highest BCUT2D eigenvalue weighted by atomic mass is 32.2. The Balaban J connectivity index is 1.81. The van der Waals surface area contributed by atoms with Crippen LogP contribution >= 0.6 is 0 Å². The molecular weight excluding hydrogens is 420 g/mol. The monoisotopic (exact) mass is 452 g/mol. The Hall–Kier alpha value is -2.27. The van der Waals surface area contributed by atoms with E-state index in [1.165, 1.54) is 14.7 Å². The lowest BCUT2D eigenvalue weighted by Crippen LogP contribution is -2.54. The van der Waals surface area contributed by atoms with Gasteiger partial charge in [-0.3, -0.25) is 9.69 Å². The number of nitrogens with zero attached hydrogens (tertiary/aromatic N) is 3. The van der Waals surface area contributed by atoms with Crippen molar-refractivity contribution >= 4 is 33.8 Å². The van der Waals surface area contributed by atoms with E-state index in [9.17, 15) is 18.0 Å². The van der Waals surface area contributed by atoms with Gasteiger partial charge >= 0.3 is 5.97 Å². The van der Waals surface area contributed by atoms with Crippen LogP contribution in [0.5, 0.6) is 0 Å². The zero-order chi connectivity index (χ0) is 22.9. The predicted molar refractivity (Wildman–Crippen MR) is 121 cm³/mol. The zero-order valence-electron chi connectivity index (χ0n) is 18.4. The van der Waals surface area contributed by atoms with Gasteiger partial charge in [-0.1, -0.05) is 26.0 Å². The molecule has 0 radical (unpaired) electrons. The highest BCUT2D eigenvalue weighted by Gasteiger charge is 2.31. The largest absolute Gasteiger partial charge is 0.463 e. The summed E-state index contributed by atoms with van der Waals surface area (Å²) in [4.78, 5) is 25.7. The minimum absolute atomic E-state index is 0.158. The molecule has 0 unspecified atom stereocenters. The van der Waals surface area contributed by atoms with Gasteiger partial charge in [-0.2, -0.15) is 17.0 Å². The van der Waals surface area contributed by atoms with Gasteiger partial charge < -0.3 is 10.1 Å². The van der Waals surface area contributed by atoms with E-state index in [-0.39, 0.29) is 12.5 Å². The normalized spacial score (nSPS) is 16.0. The molecular formula is C21H32N4O5S. The number of benzene rings is 1. The lowest BCUT2D eigenvalue weighted by Gasteiger charge is -2.35. The standard InChI is InChI=1S/C21H32N4O5S/c1-4-24(5-2)31(28,29)25-15-13-23(14-16-25)17-20(26)22-19-10-7-18(8-11-19)9-12-21(27)30-6-3/h7-12H,4-6,13-17H2,1-3H3,(H,22,26)/b12-9+. The number of piperazine rings is 1. The van der Waals surface area contributed by atoms with Crippen LogP contribution in [0.15, 0.2) is 30.3 Å². The first-order valence-electron chi connectivity index (χ1n) is 10.5. The smallest absolute Gasteiger partial charge is 0.330 e. The van der Waals surface area contributed by atoms with Gasteiger partial charge in [0.15, 0.2) is 0 Å². The minimum Gasteiger partial charge on any atom is -0.463 e. The van der Waals surface area contributed by atoms with Gasteiger partial charge in [0.2, 0.25) is 5.91 Å². The van der Waals surface area contributed by atoms with E-state index in [4.69, 9.17) is 4.74 Å². The van der Waals surface area contributed by atoms with E-state index in [1.54, 1.807) is 37.3 Å². The minimum atomic E-state index is -3.44. The van der Waals surface area contributed by atoms with Crippen molar-refractivity contribution in [3.8, 4) is 0 Å². The molecule has 1 aliphatic rings. The highest BCUT2D eigenvalue weighted by molar-refractivity contribution is 7.86. The van der Waals surface area contributed by atoms with Gasteiger partial charge in [0.25, 0.3) is 10.2 Å².